The maximum atomic E-state index is 13.3. The van der Waals surface area contributed by atoms with Gasteiger partial charge in [0.1, 0.15) is 5.75 Å². The highest BCUT2D eigenvalue weighted by molar-refractivity contribution is 5.73. The van der Waals surface area contributed by atoms with Crippen molar-refractivity contribution in [2.45, 2.75) is 50.1 Å². The molecule has 0 amide bonds. The van der Waals surface area contributed by atoms with Crippen molar-refractivity contribution >= 4 is 5.97 Å². The second-order valence-electron chi connectivity index (χ2n) is 8.80. The minimum Gasteiger partial charge on any atom is -0.496 e. The van der Waals surface area contributed by atoms with Gasteiger partial charge in [0, 0.05) is 30.2 Å². The van der Waals surface area contributed by atoms with Gasteiger partial charge in [0.05, 0.1) is 25.7 Å². The van der Waals surface area contributed by atoms with Crippen LogP contribution < -0.4 is 15.4 Å². The average Bonchev–Trinajstić information content (AvgIpc) is 2.82. The lowest BCUT2D eigenvalue weighted by atomic mass is 9.69. The molecule has 1 saturated carbocycles. The van der Waals surface area contributed by atoms with Crippen molar-refractivity contribution < 1.29 is 27.4 Å². The Morgan fingerprint density at radius 1 is 1.12 bits per heavy atom. The molecule has 178 valence electrons. The Bertz CT molecular complexity index is 967. The van der Waals surface area contributed by atoms with Crippen LogP contribution in [-0.2, 0) is 22.3 Å². The van der Waals surface area contributed by atoms with E-state index in [1.54, 1.807) is 0 Å². The van der Waals surface area contributed by atoms with Crippen molar-refractivity contribution in [1.82, 2.24) is 10.6 Å². The summed E-state index contributed by atoms with van der Waals surface area (Å²) in [4.78, 5) is 12.3. The lowest BCUT2D eigenvalue weighted by Gasteiger charge is -2.49. The summed E-state index contributed by atoms with van der Waals surface area (Å²) in [5.41, 5.74) is 0.843. The number of carbonyl (C=O) groups excluding carboxylic acids is 1. The summed E-state index contributed by atoms with van der Waals surface area (Å²) in [6, 6.07) is 13.4. The van der Waals surface area contributed by atoms with E-state index in [1.165, 1.54) is 20.3 Å². The zero-order valence-electron chi connectivity index (χ0n) is 18.7. The van der Waals surface area contributed by atoms with Crippen LogP contribution in [0.2, 0.25) is 0 Å². The van der Waals surface area contributed by atoms with Crippen LogP contribution in [0, 0.1) is 11.8 Å². The number of ether oxygens (including phenoxy) is 2. The molecular weight excluding hydrogens is 433 g/mol. The van der Waals surface area contributed by atoms with E-state index in [4.69, 9.17) is 9.47 Å². The molecule has 2 N–H and O–H groups in total. The lowest BCUT2D eigenvalue weighted by Crippen LogP contribution is -2.60. The van der Waals surface area contributed by atoms with E-state index in [0.717, 1.165) is 37.0 Å². The summed E-state index contributed by atoms with van der Waals surface area (Å²) in [6.45, 7) is 0.240. The third kappa shape index (κ3) is 5.01. The van der Waals surface area contributed by atoms with Crippen molar-refractivity contribution in [2.75, 3.05) is 14.2 Å². The second kappa shape index (κ2) is 9.73. The lowest BCUT2D eigenvalue weighted by molar-refractivity contribution is -0.149. The number of piperidine rings is 1. The molecule has 0 aromatic heterocycles. The molecule has 5 atom stereocenters. The van der Waals surface area contributed by atoms with Crippen molar-refractivity contribution in [3.05, 3.63) is 65.2 Å². The van der Waals surface area contributed by atoms with E-state index >= 15 is 0 Å². The van der Waals surface area contributed by atoms with Gasteiger partial charge in [0.2, 0.25) is 0 Å². The van der Waals surface area contributed by atoms with Crippen LogP contribution in [0.5, 0.6) is 5.75 Å². The average molecular weight is 463 g/mol. The van der Waals surface area contributed by atoms with Crippen LogP contribution in [0.4, 0.5) is 13.2 Å². The fourth-order valence-electron chi connectivity index (χ4n) is 5.32. The van der Waals surface area contributed by atoms with Crippen molar-refractivity contribution in [1.29, 1.82) is 0 Å². The first-order valence-corrected chi connectivity index (χ1v) is 11.2. The van der Waals surface area contributed by atoms with E-state index in [1.807, 2.05) is 30.3 Å². The zero-order valence-corrected chi connectivity index (χ0v) is 18.7. The molecule has 0 radical (unpaired) electrons. The minimum absolute atomic E-state index is 0.00236. The van der Waals surface area contributed by atoms with Gasteiger partial charge in [-0.05, 0) is 48.9 Å². The highest BCUT2D eigenvalue weighted by atomic mass is 19.4. The Morgan fingerprint density at radius 3 is 2.55 bits per heavy atom. The van der Waals surface area contributed by atoms with Crippen molar-refractivity contribution in [3.8, 4) is 5.75 Å². The molecule has 4 rings (SSSR count). The minimum atomic E-state index is -4.42. The summed E-state index contributed by atoms with van der Waals surface area (Å²) in [6.07, 6.45) is -2.04. The Morgan fingerprint density at radius 2 is 1.88 bits per heavy atom. The molecule has 2 bridgehead atoms. The molecule has 2 aromatic carbocycles. The van der Waals surface area contributed by atoms with Gasteiger partial charge in [-0.1, -0.05) is 30.3 Å². The van der Waals surface area contributed by atoms with Gasteiger partial charge in [-0.2, -0.15) is 13.2 Å². The number of carbonyl (C=O) groups is 1. The van der Waals surface area contributed by atoms with Gasteiger partial charge < -0.3 is 20.1 Å². The molecule has 1 heterocycles. The molecule has 1 saturated heterocycles. The standard InChI is InChI=1S/C25H29F3N2O3/c1-32-21-11-9-18(25(26,27)28)12-17(21)14-29-22-16-8-10-19(24(31)33-2)20(13-16)30-23(22)15-6-4-3-5-7-15/h3-7,9,11-12,16,19-20,22-23,29-30H,8,10,13-14H2,1-2H3. The molecular formula is C25H29F3N2O3. The third-order valence-electron chi connectivity index (χ3n) is 6.95. The predicted octanol–water partition coefficient (Wildman–Crippen LogP) is 4.47. The summed E-state index contributed by atoms with van der Waals surface area (Å²) >= 11 is 0. The molecule has 5 unspecified atom stereocenters. The molecule has 2 aliphatic rings. The normalized spacial score (nSPS) is 27.1. The fraction of sp³-hybridized carbons (Fsp3) is 0.480. The monoisotopic (exact) mass is 462 g/mol. The number of rotatable bonds is 6. The van der Waals surface area contributed by atoms with Crippen molar-refractivity contribution in [2.24, 2.45) is 11.8 Å². The number of halogens is 3. The van der Waals surface area contributed by atoms with E-state index in [-0.39, 0.29) is 42.5 Å². The highest BCUT2D eigenvalue weighted by Gasteiger charge is 2.46. The third-order valence-corrected chi connectivity index (χ3v) is 6.95. The number of esters is 1. The summed E-state index contributed by atoms with van der Waals surface area (Å²) in [5.74, 6) is 0.307. The van der Waals surface area contributed by atoms with Crippen LogP contribution in [0.15, 0.2) is 48.5 Å². The van der Waals surface area contributed by atoms with Gasteiger partial charge in [0.25, 0.3) is 0 Å². The topological polar surface area (TPSA) is 59.6 Å². The first-order valence-electron chi connectivity index (χ1n) is 11.2. The number of hydrogen-bond donors (Lipinski definition) is 2. The van der Waals surface area contributed by atoms with E-state index in [9.17, 15) is 18.0 Å². The Labute approximate surface area is 191 Å². The van der Waals surface area contributed by atoms with Crippen LogP contribution in [0.3, 0.4) is 0 Å². The molecule has 5 nitrogen and oxygen atoms in total. The van der Waals surface area contributed by atoms with Crippen LogP contribution >= 0.6 is 0 Å². The molecule has 0 spiro atoms. The maximum absolute atomic E-state index is 13.3. The van der Waals surface area contributed by atoms with Gasteiger partial charge in [0.15, 0.2) is 0 Å². The summed E-state index contributed by atoms with van der Waals surface area (Å²) in [5, 5.41) is 7.17. The van der Waals surface area contributed by atoms with Crippen molar-refractivity contribution in [3.63, 3.8) is 0 Å². The number of methoxy groups -OCH3 is 2. The van der Waals surface area contributed by atoms with Gasteiger partial charge in [-0.15, -0.1) is 0 Å². The number of fused-ring (bicyclic) bond motifs is 2. The van der Waals surface area contributed by atoms with Crippen LogP contribution in [0.25, 0.3) is 0 Å². The van der Waals surface area contributed by atoms with E-state index in [2.05, 4.69) is 10.6 Å². The smallest absolute Gasteiger partial charge is 0.416 e. The largest absolute Gasteiger partial charge is 0.496 e. The molecule has 2 aromatic rings. The highest BCUT2D eigenvalue weighted by Crippen LogP contribution is 2.41. The van der Waals surface area contributed by atoms with Gasteiger partial charge in [-0.3, -0.25) is 4.79 Å². The Kier molecular flexibility index (Phi) is 6.95. The van der Waals surface area contributed by atoms with Crippen LogP contribution in [0.1, 0.15) is 42.0 Å². The van der Waals surface area contributed by atoms with Crippen LogP contribution in [-0.4, -0.2) is 32.3 Å². The summed E-state index contributed by atoms with van der Waals surface area (Å²) < 4.78 is 50.2. The first-order chi connectivity index (χ1) is 15.8. The SMILES string of the molecule is COC(=O)C1CCC2CC1NC(c1ccccc1)C2NCc1cc(C(F)(F)F)ccc1OC. The van der Waals surface area contributed by atoms with Gasteiger partial charge in [-0.25, -0.2) is 0 Å². The quantitative estimate of drug-likeness (QED) is 0.621. The second-order valence-corrected chi connectivity index (χ2v) is 8.80. The number of benzene rings is 2. The predicted molar refractivity (Wildman–Crippen MR) is 118 cm³/mol. The maximum Gasteiger partial charge on any atom is 0.416 e. The number of nitrogens with one attached hydrogen (secondary N) is 2. The molecule has 1 aliphatic heterocycles. The first kappa shape index (κ1) is 23.6. The molecule has 1 aliphatic carbocycles. The molecule has 8 heteroatoms. The Balaban J connectivity index is 1.59. The van der Waals surface area contributed by atoms with Gasteiger partial charge >= 0.3 is 12.1 Å². The summed E-state index contributed by atoms with van der Waals surface area (Å²) in [7, 11) is 2.87. The molecule has 2 fully saturated rings. The molecule has 33 heavy (non-hydrogen) atoms. The Hall–Kier alpha value is -2.58. The zero-order chi connectivity index (χ0) is 23.6. The number of hydrogen-bond acceptors (Lipinski definition) is 5. The number of alkyl halides is 3. The fourth-order valence-corrected chi connectivity index (χ4v) is 5.32. The van der Waals surface area contributed by atoms with E-state index in [0.29, 0.717) is 11.3 Å². The van der Waals surface area contributed by atoms with E-state index < -0.39 is 11.7 Å².